The zero-order valence-corrected chi connectivity index (χ0v) is 10.6. The molecule has 0 bridgehead atoms. The number of hydrogen-bond donors (Lipinski definition) is 1. The molecular formula is C13H27N. The number of hydrogen-bond acceptors (Lipinski definition) is 1. The van der Waals surface area contributed by atoms with Crippen molar-refractivity contribution in [3.63, 3.8) is 0 Å². The minimum atomic E-state index is 0.591. The summed E-state index contributed by atoms with van der Waals surface area (Å²) in [5, 5.41) is 3.58. The van der Waals surface area contributed by atoms with Gasteiger partial charge in [-0.1, -0.05) is 39.3 Å². The summed E-state index contributed by atoms with van der Waals surface area (Å²) in [5.41, 5.74) is 1.29. The second-order valence-corrected chi connectivity index (χ2v) is 4.59. The average molecular weight is 197 g/mol. The maximum absolute atomic E-state index is 4.03. The van der Waals surface area contributed by atoms with Gasteiger partial charge in [0.1, 0.15) is 0 Å². The first-order valence-corrected chi connectivity index (χ1v) is 5.89. The van der Waals surface area contributed by atoms with Crippen LogP contribution in [-0.2, 0) is 0 Å². The number of unbranched alkanes of at least 4 members (excludes halogenated alkanes) is 1. The van der Waals surface area contributed by atoms with Crippen molar-refractivity contribution in [2.45, 2.75) is 53.5 Å². The number of nitrogens with one attached hydrogen (secondary N) is 1. The van der Waals surface area contributed by atoms with E-state index in [0.29, 0.717) is 17.9 Å². The van der Waals surface area contributed by atoms with Crippen molar-refractivity contribution in [3.8, 4) is 0 Å². The zero-order valence-electron chi connectivity index (χ0n) is 10.6. The molecule has 1 nitrogen and oxygen atoms in total. The Morgan fingerprint density at radius 1 is 1.29 bits per heavy atom. The van der Waals surface area contributed by atoms with Gasteiger partial charge in [-0.25, -0.2) is 0 Å². The summed E-state index contributed by atoms with van der Waals surface area (Å²) in [6.07, 6.45) is 2.54. The Morgan fingerprint density at radius 2 is 1.86 bits per heavy atom. The van der Waals surface area contributed by atoms with E-state index in [-0.39, 0.29) is 0 Å². The van der Waals surface area contributed by atoms with Gasteiger partial charge in [0.05, 0.1) is 0 Å². The molecule has 0 fully saturated rings. The summed E-state index contributed by atoms with van der Waals surface area (Å²) in [5.74, 6) is 1.28. The summed E-state index contributed by atoms with van der Waals surface area (Å²) in [6, 6.07) is 0.591. The summed E-state index contributed by atoms with van der Waals surface area (Å²) >= 11 is 0. The molecule has 0 aliphatic heterocycles. The molecule has 0 amide bonds. The van der Waals surface area contributed by atoms with Gasteiger partial charge in [0, 0.05) is 6.04 Å². The molecule has 0 radical (unpaired) electrons. The highest BCUT2D eigenvalue weighted by atomic mass is 14.9. The van der Waals surface area contributed by atoms with E-state index in [1.807, 2.05) is 0 Å². The molecule has 1 heteroatoms. The van der Waals surface area contributed by atoms with E-state index < -0.39 is 0 Å². The summed E-state index contributed by atoms with van der Waals surface area (Å²) in [7, 11) is 0. The van der Waals surface area contributed by atoms with Gasteiger partial charge in [0.15, 0.2) is 0 Å². The normalized spacial score (nSPS) is 17.5. The predicted molar refractivity (Wildman–Crippen MR) is 65.5 cm³/mol. The van der Waals surface area contributed by atoms with Gasteiger partial charge in [-0.2, -0.15) is 0 Å². The quantitative estimate of drug-likeness (QED) is 0.485. The molecule has 0 rings (SSSR count). The highest BCUT2D eigenvalue weighted by Gasteiger charge is 2.18. The van der Waals surface area contributed by atoms with Crippen LogP contribution in [-0.4, -0.2) is 12.6 Å². The molecule has 0 saturated heterocycles. The van der Waals surface area contributed by atoms with Gasteiger partial charge in [0.2, 0.25) is 0 Å². The van der Waals surface area contributed by atoms with Crippen LogP contribution in [0, 0.1) is 11.8 Å². The topological polar surface area (TPSA) is 12.0 Å². The zero-order chi connectivity index (χ0) is 11.1. The Labute approximate surface area is 90.0 Å². The van der Waals surface area contributed by atoms with Crippen molar-refractivity contribution in [2.75, 3.05) is 6.54 Å². The van der Waals surface area contributed by atoms with E-state index >= 15 is 0 Å². The second-order valence-electron chi connectivity index (χ2n) is 4.59. The lowest BCUT2D eigenvalue weighted by molar-refractivity contribution is 0.327. The van der Waals surface area contributed by atoms with Crippen molar-refractivity contribution in [1.29, 1.82) is 0 Å². The molecule has 0 aliphatic carbocycles. The third kappa shape index (κ3) is 4.80. The van der Waals surface area contributed by atoms with E-state index in [4.69, 9.17) is 0 Å². The third-order valence-electron chi connectivity index (χ3n) is 3.35. The molecule has 14 heavy (non-hydrogen) atoms. The van der Waals surface area contributed by atoms with E-state index in [0.717, 1.165) is 6.54 Å². The second kappa shape index (κ2) is 7.05. The Morgan fingerprint density at radius 3 is 2.29 bits per heavy atom. The molecule has 0 heterocycles. The maximum atomic E-state index is 4.03. The van der Waals surface area contributed by atoms with E-state index in [1.54, 1.807) is 0 Å². The first kappa shape index (κ1) is 13.7. The summed E-state index contributed by atoms with van der Waals surface area (Å²) in [4.78, 5) is 0. The molecular weight excluding hydrogens is 170 g/mol. The van der Waals surface area contributed by atoms with Gasteiger partial charge in [0.25, 0.3) is 0 Å². The van der Waals surface area contributed by atoms with Gasteiger partial charge in [-0.05, 0) is 38.6 Å². The lowest BCUT2D eigenvalue weighted by Gasteiger charge is -2.27. The smallest absolute Gasteiger partial charge is 0.00699 e. The lowest BCUT2D eigenvalue weighted by Crippen LogP contribution is -2.36. The molecule has 1 N–H and O–H groups in total. The summed E-state index contributed by atoms with van der Waals surface area (Å²) < 4.78 is 0. The van der Waals surface area contributed by atoms with Crippen LogP contribution in [0.25, 0.3) is 0 Å². The molecule has 0 aromatic carbocycles. The Kier molecular flexibility index (Phi) is 6.90. The molecule has 84 valence electrons. The molecule has 0 aromatic rings. The van der Waals surface area contributed by atoms with E-state index in [9.17, 15) is 0 Å². The van der Waals surface area contributed by atoms with Crippen molar-refractivity contribution in [2.24, 2.45) is 11.8 Å². The van der Waals surface area contributed by atoms with Crippen molar-refractivity contribution >= 4 is 0 Å². The molecule has 3 unspecified atom stereocenters. The fourth-order valence-electron chi connectivity index (χ4n) is 1.57. The first-order chi connectivity index (χ1) is 6.50. The standard InChI is InChI=1S/C13H27N/c1-7-8-9-14-13(6)12(5)11(4)10(2)3/h11-14H,2,7-9H2,1,3-6H3. The Bertz CT molecular complexity index is 163. The SMILES string of the molecule is C=C(C)C(C)C(C)C(C)NCCCC. The van der Waals surface area contributed by atoms with Crippen molar-refractivity contribution in [1.82, 2.24) is 5.32 Å². The van der Waals surface area contributed by atoms with Crippen LogP contribution in [0.4, 0.5) is 0 Å². The van der Waals surface area contributed by atoms with Gasteiger partial charge < -0.3 is 5.32 Å². The molecule has 0 spiro atoms. The van der Waals surface area contributed by atoms with Gasteiger partial charge in [-0.3, -0.25) is 0 Å². The molecule has 3 atom stereocenters. The Balaban J connectivity index is 3.85. The average Bonchev–Trinajstić information content (AvgIpc) is 2.15. The van der Waals surface area contributed by atoms with E-state index in [2.05, 4.69) is 46.5 Å². The molecule has 0 aromatic heterocycles. The number of allylic oxidation sites excluding steroid dienone is 1. The van der Waals surface area contributed by atoms with E-state index in [1.165, 1.54) is 18.4 Å². The van der Waals surface area contributed by atoms with Gasteiger partial charge >= 0.3 is 0 Å². The Hall–Kier alpha value is -0.300. The van der Waals surface area contributed by atoms with Crippen molar-refractivity contribution in [3.05, 3.63) is 12.2 Å². The first-order valence-electron chi connectivity index (χ1n) is 5.89. The van der Waals surface area contributed by atoms with Crippen LogP contribution >= 0.6 is 0 Å². The molecule has 0 saturated carbocycles. The van der Waals surface area contributed by atoms with Crippen LogP contribution in [0.15, 0.2) is 12.2 Å². The van der Waals surface area contributed by atoms with Crippen LogP contribution < -0.4 is 5.32 Å². The maximum Gasteiger partial charge on any atom is 0.00699 e. The van der Waals surface area contributed by atoms with Gasteiger partial charge in [-0.15, -0.1) is 0 Å². The lowest BCUT2D eigenvalue weighted by atomic mass is 9.85. The van der Waals surface area contributed by atoms with Crippen molar-refractivity contribution < 1.29 is 0 Å². The van der Waals surface area contributed by atoms with Crippen LogP contribution in [0.5, 0.6) is 0 Å². The van der Waals surface area contributed by atoms with Crippen LogP contribution in [0.2, 0.25) is 0 Å². The largest absolute Gasteiger partial charge is 0.314 e. The van der Waals surface area contributed by atoms with Crippen LogP contribution in [0.3, 0.4) is 0 Å². The fraction of sp³-hybridized carbons (Fsp3) is 0.846. The fourth-order valence-corrected chi connectivity index (χ4v) is 1.57. The number of rotatable bonds is 7. The monoisotopic (exact) mass is 197 g/mol. The minimum absolute atomic E-state index is 0.591. The highest BCUT2D eigenvalue weighted by Crippen LogP contribution is 2.21. The predicted octanol–water partition coefficient (Wildman–Crippen LogP) is 3.61. The third-order valence-corrected chi connectivity index (χ3v) is 3.35. The summed E-state index contributed by atoms with van der Waals surface area (Å²) in [6.45, 7) is 16.4. The highest BCUT2D eigenvalue weighted by molar-refractivity contribution is 4.97. The van der Waals surface area contributed by atoms with Crippen LogP contribution in [0.1, 0.15) is 47.5 Å². The minimum Gasteiger partial charge on any atom is -0.314 e. The molecule has 0 aliphatic rings.